The highest BCUT2D eigenvalue weighted by atomic mass is 16.6. The highest BCUT2D eigenvalue weighted by Crippen LogP contribution is 2.34. The Bertz CT molecular complexity index is 538. The fraction of sp³-hybridized carbons (Fsp3) is 0.611. The molecule has 0 saturated carbocycles. The molecule has 1 amide bonds. The van der Waals surface area contributed by atoms with E-state index in [1.807, 2.05) is 52.0 Å². The van der Waals surface area contributed by atoms with Crippen molar-refractivity contribution in [2.45, 2.75) is 39.2 Å². The normalized spacial score (nSPS) is 21.3. The number of aliphatic hydroxyl groups excluding tert-OH is 1. The molecule has 2 rings (SSSR count). The van der Waals surface area contributed by atoms with Crippen LogP contribution < -0.4 is 4.74 Å². The predicted molar refractivity (Wildman–Crippen MR) is 88.7 cm³/mol. The Hall–Kier alpha value is -1.75. The summed E-state index contributed by atoms with van der Waals surface area (Å²) < 4.78 is 11.0. The summed E-state index contributed by atoms with van der Waals surface area (Å²) in [5, 5.41) is 9.69. The van der Waals surface area contributed by atoms with Gasteiger partial charge in [0.15, 0.2) is 0 Å². The first-order chi connectivity index (χ1) is 10.8. The minimum absolute atomic E-state index is 0.0133. The molecule has 1 aliphatic rings. The van der Waals surface area contributed by atoms with Gasteiger partial charge in [0.1, 0.15) is 11.4 Å². The minimum atomic E-state index is -0.515. The van der Waals surface area contributed by atoms with Crippen molar-refractivity contribution in [3.63, 3.8) is 0 Å². The maximum absolute atomic E-state index is 12.3. The first-order valence-electron chi connectivity index (χ1n) is 8.15. The van der Waals surface area contributed by atoms with Crippen LogP contribution in [0.2, 0.25) is 0 Å². The van der Waals surface area contributed by atoms with Crippen molar-refractivity contribution in [2.75, 3.05) is 26.3 Å². The average Bonchev–Trinajstić information content (AvgIpc) is 2.90. The summed E-state index contributed by atoms with van der Waals surface area (Å²) in [5.41, 5.74) is 0.569. The van der Waals surface area contributed by atoms with Crippen LogP contribution in [0.15, 0.2) is 24.3 Å². The largest absolute Gasteiger partial charge is 0.494 e. The number of likely N-dealkylation sites (tertiary alicyclic amines) is 1. The van der Waals surface area contributed by atoms with E-state index in [2.05, 4.69) is 0 Å². The zero-order chi connectivity index (χ0) is 17.0. The van der Waals surface area contributed by atoms with Crippen LogP contribution in [0.3, 0.4) is 0 Å². The molecule has 1 aromatic carbocycles. The molecule has 1 fully saturated rings. The molecular formula is C18H27NO4. The Morgan fingerprint density at radius 3 is 2.70 bits per heavy atom. The summed E-state index contributed by atoms with van der Waals surface area (Å²) in [5.74, 6) is 0.921. The highest BCUT2D eigenvalue weighted by molar-refractivity contribution is 5.68. The number of amides is 1. The second-order valence-electron chi connectivity index (χ2n) is 6.94. The number of nitrogens with zero attached hydrogens (tertiary/aromatic N) is 1. The lowest BCUT2D eigenvalue weighted by Gasteiger charge is -2.24. The summed E-state index contributed by atoms with van der Waals surface area (Å²) in [4.78, 5) is 14.0. The molecule has 1 aliphatic heterocycles. The SMILES string of the molecule is CCOc1cccc(C2CN(C(=O)OC(C)(C)C)CC2CO)c1. The van der Waals surface area contributed by atoms with E-state index in [0.717, 1.165) is 11.3 Å². The lowest BCUT2D eigenvalue weighted by Crippen LogP contribution is -2.35. The fourth-order valence-electron chi connectivity index (χ4n) is 2.91. The van der Waals surface area contributed by atoms with Gasteiger partial charge >= 0.3 is 6.09 Å². The monoisotopic (exact) mass is 321 g/mol. The zero-order valence-electron chi connectivity index (χ0n) is 14.4. The van der Waals surface area contributed by atoms with Crippen LogP contribution in [-0.4, -0.2) is 48.0 Å². The molecule has 5 nitrogen and oxygen atoms in total. The molecule has 1 aromatic rings. The molecule has 1 saturated heterocycles. The number of carbonyl (C=O) groups excluding carboxylic acids is 1. The van der Waals surface area contributed by atoms with Crippen molar-refractivity contribution in [3.8, 4) is 5.75 Å². The second-order valence-corrected chi connectivity index (χ2v) is 6.94. The molecule has 0 radical (unpaired) electrons. The summed E-state index contributed by atoms with van der Waals surface area (Å²) >= 11 is 0. The Labute approximate surface area is 138 Å². The third-order valence-electron chi connectivity index (χ3n) is 3.92. The van der Waals surface area contributed by atoms with E-state index < -0.39 is 5.60 Å². The summed E-state index contributed by atoms with van der Waals surface area (Å²) in [6.07, 6.45) is -0.320. The van der Waals surface area contributed by atoms with Crippen LogP contribution in [-0.2, 0) is 4.74 Å². The van der Waals surface area contributed by atoms with Crippen molar-refractivity contribution < 1.29 is 19.4 Å². The number of aliphatic hydroxyl groups is 1. The van der Waals surface area contributed by atoms with Gasteiger partial charge in [-0.15, -0.1) is 0 Å². The van der Waals surface area contributed by atoms with Crippen molar-refractivity contribution in [1.82, 2.24) is 4.90 Å². The number of rotatable bonds is 4. The molecule has 1 N–H and O–H groups in total. The van der Waals surface area contributed by atoms with E-state index in [1.165, 1.54) is 0 Å². The lowest BCUT2D eigenvalue weighted by molar-refractivity contribution is 0.0283. The topological polar surface area (TPSA) is 59.0 Å². The number of carbonyl (C=O) groups is 1. The Balaban J connectivity index is 2.13. The van der Waals surface area contributed by atoms with Crippen molar-refractivity contribution in [2.24, 2.45) is 5.92 Å². The van der Waals surface area contributed by atoms with Gasteiger partial charge in [0, 0.05) is 31.5 Å². The quantitative estimate of drug-likeness (QED) is 0.926. The number of hydrogen-bond acceptors (Lipinski definition) is 4. The van der Waals surface area contributed by atoms with Crippen molar-refractivity contribution >= 4 is 6.09 Å². The van der Waals surface area contributed by atoms with Crippen molar-refractivity contribution in [1.29, 1.82) is 0 Å². The highest BCUT2D eigenvalue weighted by Gasteiger charge is 2.37. The maximum atomic E-state index is 12.3. The molecule has 128 valence electrons. The number of hydrogen-bond donors (Lipinski definition) is 1. The van der Waals surface area contributed by atoms with Gasteiger partial charge in [-0.2, -0.15) is 0 Å². The molecule has 2 unspecified atom stereocenters. The van der Waals surface area contributed by atoms with Crippen LogP contribution in [0, 0.1) is 5.92 Å². The van der Waals surface area contributed by atoms with Crippen molar-refractivity contribution in [3.05, 3.63) is 29.8 Å². The molecule has 0 bridgehead atoms. The Morgan fingerprint density at radius 1 is 1.35 bits per heavy atom. The third-order valence-corrected chi connectivity index (χ3v) is 3.92. The summed E-state index contributed by atoms with van der Waals surface area (Å²) in [7, 11) is 0. The van der Waals surface area contributed by atoms with E-state index in [1.54, 1.807) is 4.90 Å². The van der Waals surface area contributed by atoms with Gasteiger partial charge in [0.25, 0.3) is 0 Å². The molecular weight excluding hydrogens is 294 g/mol. The van der Waals surface area contributed by atoms with Gasteiger partial charge in [0.2, 0.25) is 0 Å². The zero-order valence-corrected chi connectivity index (χ0v) is 14.4. The Morgan fingerprint density at radius 2 is 2.09 bits per heavy atom. The average molecular weight is 321 g/mol. The Kier molecular flexibility index (Phi) is 5.52. The van der Waals surface area contributed by atoms with E-state index in [4.69, 9.17) is 9.47 Å². The summed E-state index contributed by atoms with van der Waals surface area (Å²) in [6.45, 7) is 9.23. The third kappa shape index (κ3) is 4.61. The van der Waals surface area contributed by atoms with Crippen LogP contribution >= 0.6 is 0 Å². The van der Waals surface area contributed by atoms with Gasteiger partial charge in [-0.3, -0.25) is 0 Å². The first-order valence-corrected chi connectivity index (χ1v) is 8.15. The van der Waals surface area contributed by atoms with E-state index in [-0.39, 0.29) is 24.5 Å². The first kappa shape index (κ1) is 17.6. The molecule has 0 aromatic heterocycles. The lowest BCUT2D eigenvalue weighted by atomic mass is 9.89. The number of benzene rings is 1. The molecule has 23 heavy (non-hydrogen) atoms. The molecule has 0 spiro atoms. The van der Waals surface area contributed by atoms with Gasteiger partial charge in [0.05, 0.1) is 6.61 Å². The fourth-order valence-corrected chi connectivity index (χ4v) is 2.91. The van der Waals surface area contributed by atoms with Crippen LogP contribution in [0.4, 0.5) is 4.79 Å². The molecule has 0 aliphatic carbocycles. The predicted octanol–water partition coefficient (Wildman–Crippen LogP) is 3.03. The van der Waals surface area contributed by atoms with Crippen LogP contribution in [0.1, 0.15) is 39.2 Å². The maximum Gasteiger partial charge on any atom is 0.410 e. The summed E-state index contributed by atoms with van der Waals surface area (Å²) in [6, 6.07) is 7.89. The molecule has 2 atom stereocenters. The van der Waals surface area contributed by atoms with Gasteiger partial charge in [-0.1, -0.05) is 12.1 Å². The smallest absolute Gasteiger partial charge is 0.410 e. The molecule has 1 heterocycles. The second kappa shape index (κ2) is 7.21. The van der Waals surface area contributed by atoms with Crippen LogP contribution in [0.25, 0.3) is 0 Å². The van der Waals surface area contributed by atoms with E-state index >= 15 is 0 Å². The van der Waals surface area contributed by atoms with E-state index in [0.29, 0.717) is 19.7 Å². The standard InChI is InChI=1S/C18H27NO4/c1-5-22-15-8-6-7-13(9-15)16-11-19(10-14(16)12-20)17(21)23-18(2,3)4/h6-9,14,16,20H,5,10-12H2,1-4H3. The van der Waals surface area contributed by atoms with Crippen LogP contribution in [0.5, 0.6) is 5.75 Å². The number of ether oxygens (including phenoxy) is 2. The molecule has 5 heteroatoms. The van der Waals surface area contributed by atoms with Gasteiger partial charge < -0.3 is 19.5 Å². The van der Waals surface area contributed by atoms with Gasteiger partial charge in [-0.05, 0) is 45.4 Å². The minimum Gasteiger partial charge on any atom is -0.494 e. The van der Waals surface area contributed by atoms with Gasteiger partial charge in [-0.25, -0.2) is 4.79 Å². The van der Waals surface area contributed by atoms with E-state index in [9.17, 15) is 9.90 Å².